The summed E-state index contributed by atoms with van der Waals surface area (Å²) in [6.07, 6.45) is -4.37. The number of hydrogen-bond acceptors (Lipinski definition) is 4. The average molecular weight is 394 g/mol. The molecule has 146 valence electrons. The SMILES string of the molecule is CN(CC(F)(F)F)C(=O)CN1CCN(CCOc2ccc(Cl)cc2)CC1. The third kappa shape index (κ3) is 7.39. The maximum atomic E-state index is 12.3. The van der Waals surface area contributed by atoms with Crippen molar-refractivity contribution < 1.29 is 22.7 Å². The van der Waals surface area contributed by atoms with Crippen molar-refractivity contribution in [1.29, 1.82) is 0 Å². The van der Waals surface area contributed by atoms with Gasteiger partial charge in [0.25, 0.3) is 0 Å². The van der Waals surface area contributed by atoms with E-state index in [1.165, 1.54) is 7.05 Å². The van der Waals surface area contributed by atoms with Crippen LogP contribution in [0.1, 0.15) is 0 Å². The van der Waals surface area contributed by atoms with Gasteiger partial charge in [-0.1, -0.05) is 11.6 Å². The Morgan fingerprint density at radius 2 is 1.73 bits per heavy atom. The van der Waals surface area contributed by atoms with Crippen molar-refractivity contribution >= 4 is 17.5 Å². The maximum Gasteiger partial charge on any atom is 0.406 e. The van der Waals surface area contributed by atoms with Crippen molar-refractivity contribution in [3.8, 4) is 5.75 Å². The highest BCUT2D eigenvalue weighted by Crippen LogP contribution is 2.16. The Bertz CT molecular complexity index is 576. The van der Waals surface area contributed by atoms with Crippen LogP contribution in [0.5, 0.6) is 5.75 Å². The second-order valence-corrected chi connectivity index (χ2v) is 6.72. The van der Waals surface area contributed by atoms with Gasteiger partial charge in [-0.05, 0) is 24.3 Å². The Morgan fingerprint density at radius 3 is 2.31 bits per heavy atom. The molecule has 0 bridgehead atoms. The van der Waals surface area contributed by atoms with Gasteiger partial charge in [0.05, 0.1) is 6.54 Å². The number of benzene rings is 1. The number of hydrogen-bond donors (Lipinski definition) is 0. The van der Waals surface area contributed by atoms with Crippen LogP contribution in [0.25, 0.3) is 0 Å². The highest BCUT2D eigenvalue weighted by Gasteiger charge is 2.31. The van der Waals surface area contributed by atoms with Crippen LogP contribution in [-0.2, 0) is 4.79 Å². The fourth-order valence-corrected chi connectivity index (χ4v) is 2.79. The number of ether oxygens (including phenoxy) is 1. The first-order valence-electron chi connectivity index (χ1n) is 8.37. The van der Waals surface area contributed by atoms with Gasteiger partial charge < -0.3 is 9.64 Å². The summed E-state index contributed by atoms with van der Waals surface area (Å²) in [6.45, 7) is 2.88. The minimum atomic E-state index is -4.37. The third-order valence-corrected chi connectivity index (χ3v) is 4.41. The molecule has 1 aliphatic heterocycles. The van der Waals surface area contributed by atoms with E-state index < -0.39 is 18.6 Å². The fraction of sp³-hybridized carbons (Fsp3) is 0.588. The molecule has 0 unspecified atom stereocenters. The van der Waals surface area contributed by atoms with Crippen LogP contribution < -0.4 is 4.74 Å². The van der Waals surface area contributed by atoms with E-state index in [9.17, 15) is 18.0 Å². The molecule has 9 heteroatoms. The lowest BCUT2D eigenvalue weighted by molar-refractivity contribution is -0.159. The Labute approximate surface area is 156 Å². The summed E-state index contributed by atoms with van der Waals surface area (Å²) >= 11 is 5.82. The van der Waals surface area contributed by atoms with E-state index in [0.29, 0.717) is 24.7 Å². The average Bonchev–Trinajstić information content (AvgIpc) is 2.56. The first-order valence-corrected chi connectivity index (χ1v) is 8.74. The molecular weight excluding hydrogens is 371 g/mol. The maximum absolute atomic E-state index is 12.3. The van der Waals surface area contributed by atoms with Crippen molar-refractivity contribution in [2.75, 3.05) is 59.5 Å². The van der Waals surface area contributed by atoms with Crippen molar-refractivity contribution in [1.82, 2.24) is 14.7 Å². The van der Waals surface area contributed by atoms with Crippen LogP contribution in [-0.4, -0.2) is 86.3 Å². The first-order chi connectivity index (χ1) is 12.2. The van der Waals surface area contributed by atoms with Gasteiger partial charge in [0.2, 0.25) is 5.91 Å². The van der Waals surface area contributed by atoms with E-state index in [0.717, 1.165) is 30.3 Å². The number of halogens is 4. The molecule has 1 aromatic rings. The lowest BCUT2D eigenvalue weighted by Crippen LogP contribution is -2.51. The van der Waals surface area contributed by atoms with Gasteiger partial charge in [0.1, 0.15) is 18.9 Å². The van der Waals surface area contributed by atoms with Gasteiger partial charge in [-0.25, -0.2) is 0 Å². The minimum absolute atomic E-state index is 0.0156. The number of carbonyl (C=O) groups is 1. The number of likely N-dealkylation sites (N-methyl/N-ethyl adjacent to an activating group) is 1. The molecule has 0 spiro atoms. The lowest BCUT2D eigenvalue weighted by Gasteiger charge is -2.34. The summed E-state index contributed by atoms with van der Waals surface area (Å²) in [5.74, 6) is 0.244. The van der Waals surface area contributed by atoms with E-state index in [4.69, 9.17) is 16.3 Å². The smallest absolute Gasteiger partial charge is 0.406 e. The third-order valence-electron chi connectivity index (χ3n) is 4.16. The predicted octanol–water partition coefficient (Wildman–Crippen LogP) is 2.36. The number of rotatable bonds is 7. The van der Waals surface area contributed by atoms with Crippen LogP contribution in [0.2, 0.25) is 5.02 Å². The Balaban J connectivity index is 1.64. The van der Waals surface area contributed by atoms with Gasteiger partial charge in [-0.3, -0.25) is 14.6 Å². The van der Waals surface area contributed by atoms with Crippen molar-refractivity contribution in [3.05, 3.63) is 29.3 Å². The zero-order valence-electron chi connectivity index (χ0n) is 14.6. The van der Waals surface area contributed by atoms with E-state index in [-0.39, 0.29) is 6.54 Å². The standard InChI is InChI=1S/C17H23ClF3N3O2/c1-22(13-17(19,20)21)16(25)12-24-8-6-23(7-9-24)10-11-26-15-4-2-14(18)3-5-15/h2-5H,6-13H2,1H3. The highest BCUT2D eigenvalue weighted by molar-refractivity contribution is 6.30. The Kier molecular flexibility index (Phi) is 7.55. The summed E-state index contributed by atoms with van der Waals surface area (Å²) < 4.78 is 42.6. The molecule has 26 heavy (non-hydrogen) atoms. The predicted molar refractivity (Wildman–Crippen MR) is 93.5 cm³/mol. The highest BCUT2D eigenvalue weighted by atomic mass is 35.5. The molecule has 0 radical (unpaired) electrons. The van der Waals surface area contributed by atoms with Crippen LogP contribution in [0.15, 0.2) is 24.3 Å². The van der Waals surface area contributed by atoms with Crippen LogP contribution >= 0.6 is 11.6 Å². The molecule has 0 N–H and O–H groups in total. The summed E-state index contributed by atoms with van der Waals surface area (Å²) in [5.41, 5.74) is 0. The topological polar surface area (TPSA) is 36.0 Å². The molecule has 0 aliphatic carbocycles. The van der Waals surface area contributed by atoms with E-state index >= 15 is 0 Å². The van der Waals surface area contributed by atoms with E-state index in [1.54, 1.807) is 12.1 Å². The quantitative estimate of drug-likeness (QED) is 0.712. The van der Waals surface area contributed by atoms with Crippen molar-refractivity contribution in [2.45, 2.75) is 6.18 Å². The second-order valence-electron chi connectivity index (χ2n) is 6.29. The summed E-state index contributed by atoms with van der Waals surface area (Å²) in [6, 6.07) is 7.15. The van der Waals surface area contributed by atoms with E-state index in [2.05, 4.69) is 4.90 Å². The largest absolute Gasteiger partial charge is 0.492 e. The van der Waals surface area contributed by atoms with Gasteiger partial charge in [-0.15, -0.1) is 0 Å². The number of nitrogens with zero attached hydrogens (tertiary/aromatic N) is 3. The molecule has 2 rings (SSSR count). The minimum Gasteiger partial charge on any atom is -0.492 e. The van der Waals surface area contributed by atoms with E-state index in [1.807, 2.05) is 17.0 Å². The molecule has 1 heterocycles. The van der Waals surface area contributed by atoms with Crippen molar-refractivity contribution in [2.24, 2.45) is 0 Å². The normalized spacial score (nSPS) is 16.5. The summed E-state index contributed by atoms with van der Waals surface area (Å²) in [5, 5.41) is 0.656. The zero-order chi connectivity index (χ0) is 19.2. The van der Waals surface area contributed by atoms with Gasteiger partial charge in [0, 0.05) is 44.8 Å². The van der Waals surface area contributed by atoms with Crippen molar-refractivity contribution in [3.63, 3.8) is 0 Å². The van der Waals surface area contributed by atoms with Crippen LogP contribution in [0, 0.1) is 0 Å². The molecule has 0 aromatic heterocycles. The molecular formula is C17H23ClF3N3O2. The number of piperazine rings is 1. The van der Waals surface area contributed by atoms with Gasteiger partial charge >= 0.3 is 6.18 Å². The molecule has 0 saturated carbocycles. The number of alkyl halides is 3. The Morgan fingerprint density at radius 1 is 1.15 bits per heavy atom. The number of amides is 1. The van der Waals surface area contributed by atoms with Crippen LogP contribution in [0.3, 0.4) is 0 Å². The lowest BCUT2D eigenvalue weighted by atomic mass is 10.3. The molecule has 1 aliphatic rings. The first kappa shape index (κ1) is 20.8. The molecule has 1 saturated heterocycles. The molecule has 0 atom stereocenters. The summed E-state index contributed by atoms with van der Waals surface area (Å²) in [4.78, 5) is 16.7. The monoisotopic (exact) mass is 393 g/mol. The van der Waals surface area contributed by atoms with Gasteiger partial charge in [-0.2, -0.15) is 13.2 Å². The fourth-order valence-electron chi connectivity index (χ4n) is 2.66. The molecule has 5 nitrogen and oxygen atoms in total. The second kappa shape index (κ2) is 9.43. The zero-order valence-corrected chi connectivity index (χ0v) is 15.4. The molecule has 1 amide bonds. The van der Waals surface area contributed by atoms with Gasteiger partial charge in [0.15, 0.2) is 0 Å². The molecule has 1 aromatic carbocycles. The molecule has 1 fully saturated rings. The summed E-state index contributed by atoms with van der Waals surface area (Å²) in [7, 11) is 1.18. The van der Waals surface area contributed by atoms with Crippen LogP contribution in [0.4, 0.5) is 13.2 Å². The Hall–Kier alpha value is -1.51. The number of carbonyl (C=O) groups excluding carboxylic acids is 1.